The zero-order valence-electron chi connectivity index (χ0n) is 9.77. The van der Waals surface area contributed by atoms with Crippen LogP contribution < -0.4 is 5.43 Å². The highest BCUT2D eigenvalue weighted by atomic mass is 35.5. The van der Waals surface area contributed by atoms with Gasteiger partial charge in [0.25, 0.3) is 0 Å². The lowest BCUT2D eigenvalue weighted by atomic mass is 10.1. The van der Waals surface area contributed by atoms with Crippen LogP contribution in [0.4, 0.5) is 0 Å². The number of aryl methyl sites for hydroxylation is 1. The molecular weight excluding hydrogens is 246 g/mol. The van der Waals surface area contributed by atoms with Crippen LogP contribution in [0, 0.1) is 0 Å². The molecule has 3 rings (SSSR count). The molecule has 0 atom stereocenters. The van der Waals surface area contributed by atoms with Crippen LogP contribution >= 0.6 is 11.6 Å². The Hall–Kier alpha value is -1.80. The maximum absolute atomic E-state index is 12.4. The molecule has 90 valence electrons. The van der Waals surface area contributed by atoms with E-state index in [9.17, 15) is 4.79 Å². The molecule has 2 nitrogen and oxygen atoms in total. The second-order valence-electron chi connectivity index (χ2n) is 4.20. The van der Waals surface area contributed by atoms with E-state index in [0.29, 0.717) is 12.4 Å². The fourth-order valence-corrected chi connectivity index (χ4v) is 2.57. The number of benzene rings is 2. The maximum Gasteiger partial charge on any atom is 0.197 e. The van der Waals surface area contributed by atoms with Crippen molar-refractivity contribution in [2.45, 2.75) is 6.54 Å². The molecule has 0 unspecified atom stereocenters. The zero-order chi connectivity index (χ0) is 12.5. The molecule has 1 aromatic heterocycles. The number of aromatic nitrogens is 1. The molecule has 0 spiro atoms. The molecule has 0 bridgehead atoms. The molecule has 0 saturated carbocycles. The summed E-state index contributed by atoms with van der Waals surface area (Å²) in [6.45, 7) is 0.697. The van der Waals surface area contributed by atoms with Crippen molar-refractivity contribution in [1.29, 1.82) is 0 Å². The Balaban J connectivity index is 2.58. The summed E-state index contributed by atoms with van der Waals surface area (Å²) in [6.07, 6.45) is 0. The minimum atomic E-state index is 0.0898. The lowest BCUT2D eigenvalue weighted by molar-refractivity contribution is 0.828. The minimum Gasteiger partial charge on any atom is -0.339 e. The van der Waals surface area contributed by atoms with E-state index in [1.807, 2.05) is 48.5 Å². The number of halogens is 1. The van der Waals surface area contributed by atoms with Crippen molar-refractivity contribution in [3.8, 4) is 0 Å². The third kappa shape index (κ3) is 1.61. The molecule has 3 heteroatoms. The third-order valence-electron chi connectivity index (χ3n) is 3.19. The fourth-order valence-electron chi connectivity index (χ4n) is 2.40. The van der Waals surface area contributed by atoms with E-state index in [0.717, 1.165) is 21.8 Å². The van der Waals surface area contributed by atoms with Crippen molar-refractivity contribution in [3.63, 3.8) is 0 Å². The summed E-state index contributed by atoms with van der Waals surface area (Å²) in [5.41, 5.74) is 1.98. The Morgan fingerprint density at radius 1 is 0.889 bits per heavy atom. The summed E-state index contributed by atoms with van der Waals surface area (Å²) in [5.74, 6) is 0.525. The molecule has 0 aliphatic heterocycles. The molecule has 0 aliphatic carbocycles. The summed E-state index contributed by atoms with van der Waals surface area (Å²) >= 11 is 5.88. The number of rotatable bonds is 2. The third-order valence-corrected chi connectivity index (χ3v) is 3.36. The van der Waals surface area contributed by atoms with E-state index in [1.165, 1.54) is 0 Å². The number of alkyl halides is 1. The Morgan fingerprint density at radius 2 is 1.39 bits per heavy atom. The highest BCUT2D eigenvalue weighted by Gasteiger charge is 2.08. The molecule has 0 fully saturated rings. The van der Waals surface area contributed by atoms with Gasteiger partial charge in [0.15, 0.2) is 5.43 Å². The van der Waals surface area contributed by atoms with Crippen LogP contribution in [0.5, 0.6) is 0 Å². The van der Waals surface area contributed by atoms with Crippen molar-refractivity contribution < 1.29 is 0 Å². The van der Waals surface area contributed by atoms with Crippen LogP contribution in [0.15, 0.2) is 53.3 Å². The van der Waals surface area contributed by atoms with Crippen molar-refractivity contribution in [2.24, 2.45) is 0 Å². The van der Waals surface area contributed by atoms with Crippen LogP contribution in [0.3, 0.4) is 0 Å². The van der Waals surface area contributed by atoms with Crippen molar-refractivity contribution >= 4 is 33.4 Å². The largest absolute Gasteiger partial charge is 0.339 e. The average Bonchev–Trinajstić information content (AvgIpc) is 2.43. The molecule has 0 amide bonds. The quantitative estimate of drug-likeness (QED) is 0.509. The van der Waals surface area contributed by atoms with E-state index in [-0.39, 0.29) is 5.43 Å². The average molecular weight is 258 g/mol. The van der Waals surface area contributed by atoms with Gasteiger partial charge < -0.3 is 4.57 Å². The first-order chi connectivity index (χ1) is 8.83. The van der Waals surface area contributed by atoms with Crippen LogP contribution in [0.1, 0.15) is 0 Å². The summed E-state index contributed by atoms with van der Waals surface area (Å²) in [7, 11) is 0. The highest BCUT2D eigenvalue weighted by Crippen LogP contribution is 2.18. The highest BCUT2D eigenvalue weighted by molar-refractivity contribution is 6.17. The smallest absolute Gasteiger partial charge is 0.197 e. The lowest BCUT2D eigenvalue weighted by Crippen LogP contribution is -2.12. The van der Waals surface area contributed by atoms with E-state index >= 15 is 0 Å². The van der Waals surface area contributed by atoms with Gasteiger partial charge in [-0.1, -0.05) is 24.3 Å². The van der Waals surface area contributed by atoms with Crippen molar-refractivity contribution in [2.75, 3.05) is 5.88 Å². The first kappa shape index (κ1) is 11.3. The van der Waals surface area contributed by atoms with E-state index < -0.39 is 0 Å². The minimum absolute atomic E-state index is 0.0898. The molecule has 0 N–H and O–H groups in total. The van der Waals surface area contributed by atoms with Crippen molar-refractivity contribution in [1.82, 2.24) is 4.57 Å². The van der Waals surface area contributed by atoms with Gasteiger partial charge in [-0.05, 0) is 24.3 Å². The van der Waals surface area contributed by atoms with E-state index in [1.54, 1.807) is 0 Å². The topological polar surface area (TPSA) is 22.0 Å². The summed E-state index contributed by atoms with van der Waals surface area (Å²) in [5, 5.41) is 1.50. The second kappa shape index (κ2) is 4.46. The Bertz CT molecular complexity index is 716. The predicted octanol–water partition coefficient (Wildman–Crippen LogP) is 3.39. The number of hydrogen-bond acceptors (Lipinski definition) is 1. The van der Waals surface area contributed by atoms with Gasteiger partial charge in [0.2, 0.25) is 0 Å². The summed E-state index contributed by atoms with van der Waals surface area (Å²) in [4.78, 5) is 12.4. The van der Waals surface area contributed by atoms with Gasteiger partial charge in [0.1, 0.15) is 0 Å². The first-order valence-corrected chi connectivity index (χ1v) is 6.42. The van der Waals surface area contributed by atoms with Gasteiger partial charge in [-0.2, -0.15) is 0 Å². The van der Waals surface area contributed by atoms with Crippen LogP contribution in [-0.2, 0) is 6.54 Å². The van der Waals surface area contributed by atoms with Gasteiger partial charge in [0, 0.05) is 23.2 Å². The Morgan fingerprint density at radius 3 is 1.89 bits per heavy atom. The van der Waals surface area contributed by atoms with Crippen LogP contribution in [0.25, 0.3) is 21.8 Å². The molecule has 18 heavy (non-hydrogen) atoms. The number of pyridine rings is 1. The molecular formula is C15H12ClNO. The molecule has 0 radical (unpaired) electrons. The van der Waals surface area contributed by atoms with Gasteiger partial charge in [-0.3, -0.25) is 4.79 Å². The normalized spacial score (nSPS) is 11.2. The van der Waals surface area contributed by atoms with E-state index in [2.05, 4.69) is 4.57 Å². The Kier molecular flexibility index (Phi) is 2.80. The fraction of sp³-hybridized carbons (Fsp3) is 0.133. The molecule has 3 aromatic rings. The van der Waals surface area contributed by atoms with Crippen molar-refractivity contribution in [3.05, 3.63) is 58.8 Å². The molecule has 0 saturated heterocycles. The Labute approximate surface area is 109 Å². The maximum atomic E-state index is 12.4. The van der Waals surface area contributed by atoms with Crippen LogP contribution in [-0.4, -0.2) is 10.4 Å². The molecule has 0 aliphatic rings. The molecule has 2 aromatic carbocycles. The number of nitrogens with zero attached hydrogens (tertiary/aromatic N) is 1. The van der Waals surface area contributed by atoms with Crippen LogP contribution in [0.2, 0.25) is 0 Å². The second-order valence-corrected chi connectivity index (χ2v) is 4.58. The van der Waals surface area contributed by atoms with Gasteiger partial charge in [-0.15, -0.1) is 11.6 Å². The summed E-state index contributed by atoms with van der Waals surface area (Å²) < 4.78 is 2.11. The number of para-hydroxylation sites is 2. The molecule has 1 heterocycles. The lowest BCUT2D eigenvalue weighted by Gasteiger charge is -2.13. The van der Waals surface area contributed by atoms with E-state index in [4.69, 9.17) is 11.6 Å². The standard InChI is InChI=1S/C15H12ClNO/c16-9-10-17-13-7-3-1-5-11(13)15(18)12-6-2-4-8-14(12)17/h1-8H,9-10H2. The monoisotopic (exact) mass is 257 g/mol. The van der Waals surface area contributed by atoms with Gasteiger partial charge >= 0.3 is 0 Å². The number of fused-ring (bicyclic) bond motifs is 2. The van der Waals surface area contributed by atoms with Gasteiger partial charge in [-0.25, -0.2) is 0 Å². The summed E-state index contributed by atoms with van der Waals surface area (Å²) in [6, 6.07) is 15.4. The predicted molar refractivity (Wildman–Crippen MR) is 76.4 cm³/mol. The number of hydrogen-bond donors (Lipinski definition) is 0. The zero-order valence-corrected chi connectivity index (χ0v) is 10.5. The van der Waals surface area contributed by atoms with Gasteiger partial charge in [0.05, 0.1) is 11.0 Å². The first-order valence-electron chi connectivity index (χ1n) is 5.89. The SMILES string of the molecule is O=c1c2ccccc2n(CCCl)c2ccccc12.